The molecule has 5 heteroatoms. The number of carbonyl (C=O) groups is 1. The molecule has 1 aliphatic rings. The Balaban J connectivity index is 2.06. The average molecular weight is 254 g/mol. The summed E-state index contributed by atoms with van der Waals surface area (Å²) in [6.07, 6.45) is 0.993. The Hall–Kier alpha value is -1.23. The molecule has 2 atom stereocenters. The van der Waals surface area contributed by atoms with E-state index >= 15 is 0 Å². The molecule has 0 radical (unpaired) electrons. The fourth-order valence-corrected chi connectivity index (χ4v) is 3.26. The standard InChI is InChI=1S/C12H15FN2OS/c13-9-1-3-10(4-2-9)15-11(12(14)16)8-5-6-17-7-8/h1-4,8,11,15H,5-7H2,(H2,14,16). The number of rotatable bonds is 4. The molecule has 0 aliphatic carbocycles. The summed E-state index contributed by atoms with van der Waals surface area (Å²) in [5.74, 6) is 1.65. The molecule has 2 unspecified atom stereocenters. The normalized spacial score (nSPS) is 21.1. The molecule has 0 saturated carbocycles. The van der Waals surface area contributed by atoms with Gasteiger partial charge in [0.05, 0.1) is 0 Å². The fourth-order valence-electron chi connectivity index (χ4n) is 1.96. The molecule has 92 valence electrons. The number of nitrogens with two attached hydrogens (primary N) is 1. The number of hydrogen-bond acceptors (Lipinski definition) is 3. The highest BCUT2D eigenvalue weighted by Crippen LogP contribution is 2.28. The van der Waals surface area contributed by atoms with Crippen LogP contribution in [0.1, 0.15) is 6.42 Å². The van der Waals surface area contributed by atoms with E-state index in [0.717, 1.165) is 23.6 Å². The number of carbonyl (C=O) groups excluding carboxylic acids is 1. The maximum atomic E-state index is 12.8. The zero-order valence-electron chi connectivity index (χ0n) is 9.36. The maximum Gasteiger partial charge on any atom is 0.240 e. The van der Waals surface area contributed by atoms with E-state index in [-0.39, 0.29) is 23.7 Å². The molecule has 0 spiro atoms. The minimum absolute atomic E-state index is 0.266. The van der Waals surface area contributed by atoms with Gasteiger partial charge in [-0.3, -0.25) is 4.79 Å². The quantitative estimate of drug-likeness (QED) is 0.862. The van der Waals surface area contributed by atoms with E-state index in [0.29, 0.717) is 0 Å². The molecule has 1 aromatic carbocycles. The van der Waals surface area contributed by atoms with E-state index < -0.39 is 0 Å². The zero-order valence-corrected chi connectivity index (χ0v) is 10.2. The molecule has 17 heavy (non-hydrogen) atoms. The van der Waals surface area contributed by atoms with Crippen molar-refractivity contribution in [2.75, 3.05) is 16.8 Å². The van der Waals surface area contributed by atoms with Gasteiger partial charge in [0.25, 0.3) is 0 Å². The SMILES string of the molecule is NC(=O)C(Nc1ccc(F)cc1)C1CCSC1. The first-order chi connectivity index (χ1) is 8.16. The summed E-state index contributed by atoms with van der Waals surface area (Å²) in [4.78, 5) is 11.4. The second-order valence-corrected chi connectivity index (χ2v) is 5.30. The third-order valence-electron chi connectivity index (χ3n) is 2.91. The lowest BCUT2D eigenvalue weighted by Gasteiger charge is -2.22. The Labute approximate surface area is 104 Å². The number of primary amides is 1. The molecule has 0 bridgehead atoms. The third kappa shape index (κ3) is 3.12. The molecule has 0 aromatic heterocycles. The van der Waals surface area contributed by atoms with Crippen LogP contribution < -0.4 is 11.1 Å². The van der Waals surface area contributed by atoms with Gasteiger partial charge in [-0.05, 0) is 48.1 Å². The number of nitrogens with one attached hydrogen (secondary N) is 1. The lowest BCUT2D eigenvalue weighted by molar-refractivity contribution is -0.119. The molecule has 2 rings (SSSR count). The lowest BCUT2D eigenvalue weighted by Crippen LogP contribution is -2.41. The van der Waals surface area contributed by atoms with Gasteiger partial charge in [-0.25, -0.2) is 4.39 Å². The van der Waals surface area contributed by atoms with Crippen LogP contribution in [0.5, 0.6) is 0 Å². The van der Waals surface area contributed by atoms with Gasteiger partial charge in [0, 0.05) is 5.69 Å². The van der Waals surface area contributed by atoms with Gasteiger partial charge in [-0.2, -0.15) is 11.8 Å². The van der Waals surface area contributed by atoms with Crippen LogP contribution in [0.2, 0.25) is 0 Å². The van der Waals surface area contributed by atoms with Gasteiger partial charge in [0.1, 0.15) is 11.9 Å². The third-order valence-corrected chi connectivity index (χ3v) is 4.10. The molecule has 3 N–H and O–H groups in total. The van der Waals surface area contributed by atoms with E-state index in [4.69, 9.17) is 5.73 Å². The predicted molar refractivity (Wildman–Crippen MR) is 68.4 cm³/mol. The predicted octanol–water partition coefficient (Wildman–Crippen LogP) is 1.84. The van der Waals surface area contributed by atoms with Crippen LogP contribution in [0.3, 0.4) is 0 Å². The Morgan fingerprint density at radius 1 is 1.47 bits per heavy atom. The molecule has 1 amide bonds. The molecule has 3 nitrogen and oxygen atoms in total. The van der Waals surface area contributed by atoms with Gasteiger partial charge >= 0.3 is 0 Å². The van der Waals surface area contributed by atoms with Gasteiger partial charge in [0.15, 0.2) is 0 Å². The summed E-state index contributed by atoms with van der Waals surface area (Å²) < 4.78 is 12.8. The van der Waals surface area contributed by atoms with Crippen LogP contribution in [-0.4, -0.2) is 23.5 Å². The summed E-state index contributed by atoms with van der Waals surface area (Å²) in [6.45, 7) is 0. The minimum atomic E-state index is -0.365. The van der Waals surface area contributed by atoms with Gasteiger partial charge in [-0.1, -0.05) is 0 Å². The Morgan fingerprint density at radius 2 is 2.18 bits per heavy atom. The van der Waals surface area contributed by atoms with E-state index in [9.17, 15) is 9.18 Å². The van der Waals surface area contributed by atoms with E-state index in [1.54, 1.807) is 12.1 Å². The van der Waals surface area contributed by atoms with Gasteiger partial charge in [-0.15, -0.1) is 0 Å². The molecule has 1 aromatic rings. The monoisotopic (exact) mass is 254 g/mol. The highest BCUT2D eigenvalue weighted by Gasteiger charge is 2.29. The highest BCUT2D eigenvalue weighted by atomic mass is 32.2. The lowest BCUT2D eigenvalue weighted by atomic mass is 9.98. The first-order valence-corrected chi connectivity index (χ1v) is 6.71. The van der Waals surface area contributed by atoms with Crippen molar-refractivity contribution in [2.24, 2.45) is 11.7 Å². The van der Waals surface area contributed by atoms with E-state index in [2.05, 4.69) is 5.32 Å². The van der Waals surface area contributed by atoms with E-state index in [1.165, 1.54) is 12.1 Å². The summed E-state index contributed by atoms with van der Waals surface area (Å²) in [6, 6.07) is 5.60. The number of amides is 1. The smallest absolute Gasteiger partial charge is 0.240 e. The number of hydrogen-bond donors (Lipinski definition) is 2. The van der Waals surface area contributed by atoms with Crippen LogP contribution in [0.4, 0.5) is 10.1 Å². The number of thioether (sulfide) groups is 1. The van der Waals surface area contributed by atoms with Crippen molar-refractivity contribution < 1.29 is 9.18 Å². The van der Waals surface area contributed by atoms with Crippen LogP contribution in [0.25, 0.3) is 0 Å². The average Bonchev–Trinajstić information content (AvgIpc) is 2.81. The first-order valence-electron chi connectivity index (χ1n) is 5.56. The van der Waals surface area contributed by atoms with Crippen molar-refractivity contribution in [3.05, 3.63) is 30.1 Å². The summed E-state index contributed by atoms with van der Waals surface area (Å²) >= 11 is 1.83. The van der Waals surface area contributed by atoms with E-state index in [1.807, 2.05) is 11.8 Å². The van der Waals surface area contributed by atoms with Crippen molar-refractivity contribution in [3.63, 3.8) is 0 Å². The Bertz CT molecular complexity index is 390. The molecule has 1 heterocycles. The van der Waals surface area contributed by atoms with Crippen LogP contribution in [0, 0.1) is 11.7 Å². The number of anilines is 1. The summed E-state index contributed by atoms with van der Waals surface area (Å²) in [7, 11) is 0. The molecule has 1 saturated heterocycles. The van der Waals surface area contributed by atoms with Crippen molar-refractivity contribution in [2.45, 2.75) is 12.5 Å². The second kappa shape index (κ2) is 5.40. The van der Waals surface area contributed by atoms with Crippen LogP contribution >= 0.6 is 11.8 Å². The zero-order chi connectivity index (χ0) is 12.3. The summed E-state index contributed by atoms with van der Waals surface area (Å²) in [5.41, 5.74) is 6.14. The maximum absolute atomic E-state index is 12.8. The van der Waals surface area contributed by atoms with Crippen molar-refractivity contribution in [3.8, 4) is 0 Å². The molecular weight excluding hydrogens is 239 g/mol. The number of benzene rings is 1. The largest absolute Gasteiger partial charge is 0.373 e. The molecular formula is C12H15FN2OS. The fraction of sp³-hybridized carbons (Fsp3) is 0.417. The summed E-state index contributed by atoms with van der Waals surface area (Å²) in [5, 5.41) is 3.09. The Morgan fingerprint density at radius 3 is 2.71 bits per heavy atom. The molecule has 1 fully saturated rings. The Kier molecular flexibility index (Phi) is 3.89. The van der Waals surface area contributed by atoms with Crippen LogP contribution in [-0.2, 0) is 4.79 Å². The van der Waals surface area contributed by atoms with Crippen LogP contribution in [0.15, 0.2) is 24.3 Å². The first kappa shape index (κ1) is 12.2. The van der Waals surface area contributed by atoms with Crippen molar-refractivity contribution in [1.29, 1.82) is 0 Å². The van der Waals surface area contributed by atoms with Gasteiger partial charge in [0.2, 0.25) is 5.91 Å². The highest BCUT2D eigenvalue weighted by molar-refractivity contribution is 7.99. The number of halogens is 1. The van der Waals surface area contributed by atoms with Crippen molar-refractivity contribution >= 4 is 23.4 Å². The van der Waals surface area contributed by atoms with Crippen molar-refractivity contribution in [1.82, 2.24) is 0 Å². The topological polar surface area (TPSA) is 55.1 Å². The second-order valence-electron chi connectivity index (χ2n) is 4.15. The minimum Gasteiger partial charge on any atom is -0.373 e. The van der Waals surface area contributed by atoms with Gasteiger partial charge < -0.3 is 11.1 Å². The molecule has 1 aliphatic heterocycles.